The van der Waals surface area contributed by atoms with Gasteiger partial charge in [0.25, 0.3) is 0 Å². The lowest BCUT2D eigenvalue weighted by atomic mass is 10.1. The quantitative estimate of drug-likeness (QED) is 0.772. The van der Waals surface area contributed by atoms with E-state index in [9.17, 15) is 14.4 Å². The number of imidazole rings is 1. The van der Waals surface area contributed by atoms with Crippen molar-refractivity contribution in [1.29, 1.82) is 0 Å². The molecule has 1 aromatic heterocycles. The topological polar surface area (TPSA) is 79.6 Å². The van der Waals surface area contributed by atoms with Gasteiger partial charge in [-0.05, 0) is 24.6 Å². The van der Waals surface area contributed by atoms with Gasteiger partial charge >= 0.3 is 5.69 Å². The lowest BCUT2D eigenvalue weighted by Gasteiger charge is -2.29. The molecule has 132 valence electrons. The Morgan fingerprint density at radius 2 is 1.64 bits per heavy atom. The largest absolute Gasteiger partial charge is 0.369 e. The predicted octanol–water partition coefficient (Wildman–Crippen LogP) is -0.0753. The van der Waals surface area contributed by atoms with Crippen molar-refractivity contribution in [3.8, 4) is 0 Å². The summed E-state index contributed by atoms with van der Waals surface area (Å²) >= 11 is 0. The van der Waals surface area contributed by atoms with Gasteiger partial charge in [0.2, 0.25) is 11.8 Å². The molecule has 2 saturated heterocycles. The van der Waals surface area contributed by atoms with Gasteiger partial charge in [0.1, 0.15) is 0 Å². The predicted molar refractivity (Wildman–Crippen MR) is 94.3 cm³/mol. The third-order valence-electron chi connectivity index (χ3n) is 4.95. The van der Waals surface area contributed by atoms with E-state index in [-0.39, 0.29) is 30.3 Å². The van der Waals surface area contributed by atoms with Gasteiger partial charge in [-0.3, -0.25) is 14.2 Å². The Morgan fingerprint density at radius 1 is 0.960 bits per heavy atom. The first-order valence-corrected chi connectivity index (χ1v) is 8.61. The molecule has 3 heterocycles. The molecule has 2 aliphatic rings. The van der Waals surface area contributed by atoms with Crippen molar-refractivity contribution in [3.05, 3.63) is 28.7 Å². The second-order valence-electron chi connectivity index (χ2n) is 6.52. The summed E-state index contributed by atoms with van der Waals surface area (Å²) < 4.78 is 2.72. The van der Waals surface area contributed by atoms with Gasteiger partial charge in [0, 0.05) is 51.8 Å². The molecule has 2 aliphatic heterocycles. The van der Waals surface area contributed by atoms with E-state index in [2.05, 4.69) is 10.2 Å². The van der Waals surface area contributed by atoms with Crippen LogP contribution in [0.1, 0.15) is 19.3 Å². The Morgan fingerprint density at radius 3 is 2.32 bits per heavy atom. The fraction of sp³-hybridized carbons (Fsp3) is 0.471. The number of hydrogen-bond acceptors (Lipinski definition) is 5. The standard InChI is InChI=1S/C17H21N5O3/c1-19-14-11-12(20-9-7-18-8-10-20)5-6-13(14)21(17(19)25)22-15(23)3-2-4-16(22)24/h5-6,11,18H,2-4,7-10H2,1H3. The average Bonchev–Trinajstić information content (AvgIpc) is 2.87. The van der Waals surface area contributed by atoms with Crippen LogP contribution in [0.4, 0.5) is 5.69 Å². The number of nitrogens with one attached hydrogen (secondary N) is 1. The van der Waals surface area contributed by atoms with Crippen LogP contribution in [-0.4, -0.2) is 47.2 Å². The number of anilines is 1. The SMILES string of the molecule is Cn1c(=O)n(N2C(=O)CCCC2=O)c2ccc(N3CCNCC3)cc21. The molecule has 0 saturated carbocycles. The number of aryl methyl sites for hydroxylation is 1. The molecule has 8 nitrogen and oxygen atoms in total. The van der Waals surface area contributed by atoms with Gasteiger partial charge in [-0.15, -0.1) is 0 Å². The summed E-state index contributed by atoms with van der Waals surface area (Å²) in [7, 11) is 1.67. The molecule has 1 N–H and O–H groups in total. The third-order valence-corrected chi connectivity index (χ3v) is 4.95. The first-order chi connectivity index (χ1) is 12.1. The number of carbonyl (C=O) groups is 2. The van der Waals surface area contributed by atoms with Crippen LogP contribution in [0.5, 0.6) is 0 Å². The second-order valence-corrected chi connectivity index (χ2v) is 6.52. The summed E-state index contributed by atoms with van der Waals surface area (Å²) in [4.78, 5) is 39.5. The van der Waals surface area contributed by atoms with Gasteiger partial charge < -0.3 is 10.2 Å². The molecule has 8 heteroatoms. The van der Waals surface area contributed by atoms with Gasteiger partial charge in [0.05, 0.1) is 11.0 Å². The Balaban J connectivity index is 1.83. The van der Waals surface area contributed by atoms with Crippen molar-refractivity contribution in [2.75, 3.05) is 36.1 Å². The molecule has 0 bridgehead atoms. The van der Waals surface area contributed by atoms with Crippen LogP contribution in [0.15, 0.2) is 23.0 Å². The summed E-state index contributed by atoms with van der Waals surface area (Å²) in [5, 5.41) is 4.33. The number of hydrogen-bond donors (Lipinski definition) is 1. The van der Waals surface area contributed by atoms with E-state index in [1.165, 1.54) is 9.24 Å². The van der Waals surface area contributed by atoms with Crippen LogP contribution >= 0.6 is 0 Å². The minimum absolute atomic E-state index is 0.285. The third kappa shape index (κ3) is 2.53. The number of piperazine rings is 1. The molecule has 0 unspecified atom stereocenters. The molecule has 2 amide bonds. The fourth-order valence-corrected chi connectivity index (χ4v) is 3.59. The highest BCUT2D eigenvalue weighted by Crippen LogP contribution is 2.23. The van der Waals surface area contributed by atoms with Crippen molar-refractivity contribution in [2.24, 2.45) is 7.05 Å². The summed E-state index contributed by atoms with van der Waals surface area (Å²) in [5.74, 6) is -0.644. The highest BCUT2D eigenvalue weighted by atomic mass is 16.2. The second kappa shape index (κ2) is 6.03. The van der Waals surface area contributed by atoms with E-state index < -0.39 is 0 Å². The maximum atomic E-state index is 12.7. The molecule has 2 fully saturated rings. The highest BCUT2D eigenvalue weighted by Gasteiger charge is 2.31. The molecule has 25 heavy (non-hydrogen) atoms. The van der Waals surface area contributed by atoms with Crippen molar-refractivity contribution in [1.82, 2.24) is 14.6 Å². The zero-order chi connectivity index (χ0) is 17.6. The van der Waals surface area contributed by atoms with E-state index in [1.807, 2.05) is 18.2 Å². The maximum Gasteiger partial charge on any atom is 0.348 e. The number of benzene rings is 1. The Kier molecular flexibility index (Phi) is 3.84. The summed E-state index contributed by atoms with van der Waals surface area (Å²) in [6, 6.07) is 5.73. The lowest BCUT2D eigenvalue weighted by Crippen LogP contribution is -2.52. The molecular formula is C17H21N5O3. The molecule has 4 rings (SSSR count). The van der Waals surface area contributed by atoms with Gasteiger partial charge in [-0.25, -0.2) is 4.79 Å². The summed E-state index contributed by atoms with van der Waals surface area (Å²) in [6.07, 6.45) is 1.11. The number of rotatable bonds is 2. The van der Waals surface area contributed by atoms with E-state index in [1.54, 1.807) is 7.05 Å². The number of nitrogens with zero attached hydrogens (tertiary/aromatic N) is 4. The van der Waals surface area contributed by atoms with Crippen LogP contribution in [-0.2, 0) is 16.6 Å². The number of imide groups is 1. The van der Waals surface area contributed by atoms with Crippen LogP contribution < -0.4 is 20.9 Å². The van der Waals surface area contributed by atoms with Crippen molar-refractivity contribution in [3.63, 3.8) is 0 Å². The van der Waals surface area contributed by atoms with Gasteiger partial charge in [-0.2, -0.15) is 9.69 Å². The summed E-state index contributed by atoms with van der Waals surface area (Å²) in [6.45, 7) is 3.66. The van der Waals surface area contributed by atoms with Crippen molar-refractivity contribution >= 4 is 28.5 Å². The van der Waals surface area contributed by atoms with Crippen molar-refractivity contribution < 1.29 is 9.59 Å². The Hall–Kier alpha value is -2.61. The monoisotopic (exact) mass is 343 g/mol. The Labute approximate surface area is 144 Å². The molecule has 0 atom stereocenters. The number of aromatic nitrogens is 2. The zero-order valence-corrected chi connectivity index (χ0v) is 14.2. The molecule has 0 aliphatic carbocycles. The first kappa shape index (κ1) is 15.9. The van der Waals surface area contributed by atoms with Crippen LogP contribution in [0.2, 0.25) is 0 Å². The van der Waals surface area contributed by atoms with Crippen LogP contribution in [0.3, 0.4) is 0 Å². The van der Waals surface area contributed by atoms with Crippen molar-refractivity contribution in [2.45, 2.75) is 19.3 Å². The molecule has 0 radical (unpaired) electrons. The first-order valence-electron chi connectivity index (χ1n) is 8.61. The van der Waals surface area contributed by atoms with E-state index in [0.717, 1.165) is 36.9 Å². The highest BCUT2D eigenvalue weighted by molar-refractivity contribution is 6.11. The van der Waals surface area contributed by atoms with E-state index in [0.29, 0.717) is 17.5 Å². The number of fused-ring (bicyclic) bond motifs is 1. The fourth-order valence-electron chi connectivity index (χ4n) is 3.59. The smallest absolute Gasteiger partial charge is 0.348 e. The molecule has 0 spiro atoms. The minimum atomic E-state index is -0.379. The van der Waals surface area contributed by atoms with E-state index >= 15 is 0 Å². The van der Waals surface area contributed by atoms with Gasteiger partial charge in [0.15, 0.2) is 0 Å². The number of piperidine rings is 1. The molecule has 1 aromatic carbocycles. The lowest BCUT2D eigenvalue weighted by molar-refractivity contribution is -0.131. The van der Waals surface area contributed by atoms with Crippen LogP contribution in [0.25, 0.3) is 11.0 Å². The Bertz CT molecular complexity index is 891. The number of amides is 2. The summed E-state index contributed by atoms with van der Waals surface area (Å²) in [5.41, 5.74) is 1.95. The minimum Gasteiger partial charge on any atom is -0.369 e. The number of carbonyl (C=O) groups excluding carboxylic acids is 2. The zero-order valence-electron chi connectivity index (χ0n) is 14.2. The molecular weight excluding hydrogens is 322 g/mol. The van der Waals surface area contributed by atoms with Gasteiger partial charge in [-0.1, -0.05) is 0 Å². The maximum absolute atomic E-state index is 12.7. The normalized spacial score (nSPS) is 19.1. The molecule has 2 aromatic rings. The average molecular weight is 343 g/mol. The van der Waals surface area contributed by atoms with Crippen LogP contribution in [0, 0.1) is 0 Å². The van der Waals surface area contributed by atoms with E-state index in [4.69, 9.17) is 0 Å².